The van der Waals surface area contributed by atoms with Gasteiger partial charge in [0.25, 0.3) is 0 Å². The average molecular weight is 346 g/mol. The maximum atomic E-state index is 12.0. The third-order valence-corrected chi connectivity index (χ3v) is 3.51. The lowest BCUT2D eigenvalue weighted by atomic mass is 10.1. The zero-order valence-corrected chi connectivity index (χ0v) is 15.5. The summed E-state index contributed by atoms with van der Waals surface area (Å²) in [5.74, 6) is -2.72. The minimum absolute atomic E-state index is 0.0984. The Kier molecular flexibility index (Phi) is 13.8. The maximum Gasteiger partial charge on any atom is 0.310 e. The molecule has 0 aromatic carbocycles. The van der Waals surface area contributed by atoms with Crippen molar-refractivity contribution in [1.82, 2.24) is 0 Å². The van der Waals surface area contributed by atoms with Gasteiger partial charge in [-0.2, -0.15) is 0 Å². The molecule has 142 valence electrons. The SMILES string of the molecule is CCCCOCC(CC(=O)CC(=O)O)(OCCCC)OCCCC. The van der Waals surface area contributed by atoms with Crippen LogP contribution in [0.3, 0.4) is 0 Å². The van der Waals surface area contributed by atoms with Crippen LogP contribution in [-0.4, -0.2) is 49.1 Å². The van der Waals surface area contributed by atoms with Crippen molar-refractivity contribution in [1.29, 1.82) is 0 Å². The lowest BCUT2D eigenvalue weighted by Crippen LogP contribution is -2.44. The van der Waals surface area contributed by atoms with E-state index in [1.54, 1.807) is 0 Å². The van der Waals surface area contributed by atoms with Gasteiger partial charge in [-0.25, -0.2) is 0 Å². The van der Waals surface area contributed by atoms with Gasteiger partial charge in [0.1, 0.15) is 18.8 Å². The molecule has 0 aliphatic rings. The fraction of sp³-hybridized carbons (Fsp3) is 0.889. The molecule has 0 amide bonds. The van der Waals surface area contributed by atoms with Gasteiger partial charge < -0.3 is 19.3 Å². The van der Waals surface area contributed by atoms with Crippen LogP contribution in [0.2, 0.25) is 0 Å². The molecule has 0 unspecified atom stereocenters. The van der Waals surface area contributed by atoms with E-state index in [4.69, 9.17) is 19.3 Å². The van der Waals surface area contributed by atoms with Crippen molar-refractivity contribution in [3.05, 3.63) is 0 Å². The number of carbonyl (C=O) groups excluding carboxylic acids is 1. The molecule has 0 aliphatic heterocycles. The number of Topliss-reactive ketones (excluding diaryl/α,β-unsaturated/α-hetero) is 1. The van der Waals surface area contributed by atoms with Crippen LogP contribution in [-0.2, 0) is 23.8 Å². The average Bonchev–Trinajstić information content (AvgIpc) is 2.51. The molecule has 0 aromatic rings. The van der Waals surface area contributed by atoms with Crippen molar-refractivity contribution >= 4 is 11.8 Å². The summed E-state index contributed by atoms with van der Waals surface area (Å²) < 4.78 is 17.4. The monoisotopic (exact) mass is 346 g/mol. The highest BCUT2D eigenvalue weighted by Crippen LogP contribution is 2.22. The normalized spacial score (nSPS) is 11.6. The number of carboxylic acid groups (broad SMARTS) is 1. The molecule has 6 heteroatoms. The van der Waals surface area contributed by atoms with Crippen LogP contribution in [0.1, 0.15) is 72.1 Å². The van der Waals surface area contributed by atoms with Crippen molar-refractivity contribution in [2.45, 2.75) is 77.9 Å². The van der Waals surface area contributed by atoms with E-state index in [1.807, 2.05) is 0 Å². The number of carbonyl (C=O) groups is 2. The molecule has 6 nitrogen and oxygen atoms in total. The van der Waals surface area contributed by atoms with E-state index in [0.717, 1.165) is 38.5 Å². The Balaban J connectivity index is 4.91. The second-order valence-electron chi connectivity index (χ2n) is 6.01. The highest BCUT2D eigenvalue weighted by molar-refractivity contribution is 5.95. The van der Waals surface area contributed by atoms with Gasteiger partial charge in [0.05, 0.1) is 19.6 Å². The second-order valence-corrected chi connectivity index (χ2v) is 6.01. The van der Waals surface area contributed by atoms with Crippen LogP contribution in [0.5, 0.6) is 0 Å². The van der Waals surface area contributed by atoms with Gasteiger partial charge in [0, 0.05) is 6.61 Å². The fourth-order valence-electron chi connectivity index (χ4n) is 2.09. The number of aliphatic carboxylic acids is 1. The first-order valence-electron chi connectivity index (χ1n) is 9.08. The van der Waals surface area contributed by atoms with Crippen LogP contribution in [0.25, 0.3) is 0 Å². The van der Waals surface area contributed by atoms with E-state index in [0.29, 0.717) is 19.8 Å². The number of carboxylic acids is 1. The Morgan fingerprint density at radius 2 is 1.38 bits per heavy atom. The summed E-state index contributed by atoms with van der Waals surface area (Å²) in [6.07, 6.45) is 4.93. The quantitative estimate of drug-likeness (QED) is 0.246. The maximum absolute atomic E-state index is 12.0. The first kappa shape index (κ1) is 23.0. The number of hydrogen-bond acceptors (Lipinski definition) is 5. The molecular weight excluding hydrogens is 312 g/mol. The smallest absolute Gasteiger partial charge is 0.310 e. The van der Waals surface area contributed by atoms with Crippen LogP contribution >= 0.6 is 0 Å². The highest BCUT2D eigenvalue weighted by Gasteiger charge is 2.35. The summed E-state index contributed by atoms with van der Waals surface area (Å²) in [6.45, 7) is 7.81. The van der Waals surface area contributed by atoms with Gasteiger partial charge in [-0.15, -0.1) is 0 Å². The van der Waals surface area contributed by atoms with Gasteiger partial charge >= 0.3 is 5.97 Å². The number of unbranched alkanes of at least 4 members (excludes halogenated alkanes) is 3. The minimum Gasteiger partial charge on any atom is -0.481 e. The van der Waals surface area contributed by atoms with E-state index in [9.17, 15) is 9.59 Å². The Labute approximate surface area is 145 Å². The van der Waals surface area contributed by atoms with Gasteiger partial charge in [0.2, 0.25) is 0 Å². The lowest BCUT2D eigenvalue weighted by Gasteiger charge is -2.33. The zero-order valence-electron chi connectivity index (χ0n) is 15.5. The van der Waals surface area contributed by atoms with Crippen molar-refractivity contribution in [2.75, 3.05) is 26.4 Å². The Bertz CT molecular complexity index is 332. The molecule has 0 fully saturated rings. The Hall–Kier alpha value is -0.980. The van der Waals surface area contributed by atoms with E-state index in [2.05, 4.69) is 20.8 Å². The summed E-state index contributed by atoms with van der Waals surface area (Å²) in [5, 5.41) is 8.82. The lowest BCUT2D eigenvalue weighted by molar-refractivity contribution is -0.262. The Morgan fingerprint density at radius 3 is 1.83 bits per heavy atom. The van der Waals surface area contributed by atoms with Crippen molar-refractivity contribution in [3.8, 4) is 0 Å². The molecule has 0 spiro atoms. The molecule has 24 heavy (non-hydrogen) atoms. The van der Waals surface area contributed by atoms with Gasteiger partial charge in [-0.05, 0) is 19.3 Å². The van der Waals surface area contributed by atoms with Crippen LogP contribution in [0.4, 0.5) is 0 Å². The molecule has 0 atom stereocenters. The first-order chi connectivity index (χ1) is 11.5. The number of ketones is 1. The van der Waals surface area contributed by atoms with Crippen LogP contribution in [0.15, 0.2) is 0 Å². The van der Waals surface area contributed by atoms with Gasteiger partial charge in [0.15, 0.2) is 5.79 Å². The summed E-state index contributed by atoms with van der Waals surface area (Å²) in [4.78, 5) is 22.8. The number of ether oxygens (including phenoxy) is 3. The predicted octanol–water partition coefficient (Wildman–Crippen LogP) is 3.57. The molecule has 0 saturated heterocycles. The zero-order chi connectivity index (χ0) is 18.3. The minimum atomic E-state index is -1.18. The van der Waals surface area contributed by atoms with E-state index >= 15 is 0 Å². The third-order valence-electron chi connectivity index (χ3n) is 3.51. The number of hydrogen-bond donors (Lipinski definition) is 1. The van der Waals surface area contributed by atoms with Gasteiger partial charge in [-0.1, -0.05) is 40.0 Å². The summed E-state index contributed by atoms with van der Waals surface area (Å²) >= 11 is 0. The van der Waals surface area contributed by atoms with Crippen LogP contribution in [0, 0.1) is 0 Å². The van der Waals surface area contributed by atoms with E-state index in [1.165, 1.54) is 0 Å². The van der Waals surface area contributed by atoms with Crippen molar-refractivity contribution in [3.63, 3.8) is 0 Å². The topological polar surface area (TPSA) is 82.1 Å². The summed E-state index contributed by atoms with van der Waals surface area (Å²) in [5.41, 5.74) is 0. The Morgan fingerprint density at radius 1 is 0.875 bits per heavy atom. The molecule has 0 rings (SSSR count). The first-order valence-corrected chi connectivity index (χ1v) is 9.08. The molecule has 0 aliphatic carbocycles. The van der Waals surface area contributed by atoms with E-state index < -0.39 is 24.0 Å². The molecule has 0 radical (unpaired) electrons. The predicted molar refractivity (Wildman–Crippen MR) is 92.1 cm³/mol. The van der Waals surface area contributed by atoms with Crippen LogP contribution < -0.4 is 0 Å². The fourth-order valence-corrected chi connectivity index (χ4v) is 2.09. The van der Waals surface area contributed by atoms with Crippen molar-refractivity contribution < 1.29 is 28.9 Å². The van der Waals surface area contributed by atoms with Gasteiger partial charge in [-0.3, -0.25) is 9.59 Å². The third kappa shape index (κ3) is 11.5. The highest BCUT2D eigenvalue weighted by atomic mass is 16.7. The van der Waals surface area contributed by atoms with Crippen molar-refractivity contribution in [2.24, 2.45) is 0 Å². The molecule has 0 heterocycles. The molecule has 0 aromatic heterocycles. The molecule has 0 bridgehead atoms. The summed E-state index contributed by atoms with van der Waals surface area (Å²) in [6, 6.07) is 0. The standard InChI is InChI=1S/C18H34O6/c1-4-7-10-22-15-18(23-11-8-5-2,24-12-9-6-3)14-16(19)13-17(20)21/h4-15H2,1-3H3,(H,20,21). The molecule has 0 saturated carbocycles. The largest absolute Gasteiger partial charge is 0.481 e. The summed E-state index contributed by atoms with van der Waals surface area (Å²) in [7, 11) is 0. The van der Waals surface area contributed by atoms with E-state index in [-0.39, 0.29) is 13.0 Å². The molecular formula is C18H34O6. The number of rotatable bonds is 17. The second kappa shape index (κ2) is 14.4. The molecule has 1 N–H and O–H groups in total.